The van der Waals surface area contributed by atoms with Gasteiger partial charge in [0.1, 0.15) is 27.8 Å². The maximum atomic E-state index is 13.0. The van der Waals surface area contributed by atoms with Gasteiger partial charge in [0.25, 0.3) is 11.8 Å². The van der Waals surface area contributed by atoms with Crippen LogP contribution in [0.5, 0.6) is 0 Å². The van der Waals surface area contributed by atoms with Gasteiger partial charge >= 0.3 is 12.1 Å². The summed E-state index contributed by atoms with van der Waals surface area (Å²) in [4.78, 5) is 38.1. The number of carboxylic acid groups (broad SMARTS) is 1. The molecule has 0 unspecified atom stereocenters. The number of halogens is 3. The average Bonchev–Trinajstić information content (AvgIpc) is 3.34. The van der Waals surface area contributed by atoms with Gasteiger partial charge in [-0.15, -0.1) is 22.0 Å². The number of β-lactam (4-membered cyclic amide) rings is 1. The minimum atomic E-state index is -4.69. The van der Waals surface area contributed by atoms with Crippen molar-refractivity contribution in [3.8, 4) is 0 Å². The molecule has 2 aromatic heterocycles. The van der Waals surface area contributed by atoms with Gasteiger partial charge in [-0.3, -0.25) is 19.2 Å². The molecular formula is C17H15F3N6O4S3. The van der Waals surface area contributed by atoms with E-state index in [2.05, 4.69) is 20.6 Å². The first kappa shape index (κ1) is 23.6. The number of carbonyl (C=O) groups is 3. The van der Waals surface area contributed by atoms with E-state index in [-0.39, 0.29) is 5.70 Å². The quantitative estimate of drug-likeness (QED) is 0.432. The summed E-state index contributed by atoms with van der Waals surface area (Å²) >= 11 is 3.94. The first-order chi connectivity index (χ1) is 15.5. The molecule has 16 heteroatoms. The van der Waals surface area contributed by atoms with Crippen LogP contribution in [-0.4, -0.2) is 70.7 Å². The molecule has 0 aliphatic carbocycles. The molecule has 2 atom stereocenters. The number of fused-ring (bicyclic) bond motifs is 1. The molecular weight excluding hydrogens is 505 g/mol. The summed E-state index contributed by atoms with van der Waals surface area (Å²) in [6.07, 6.45) is -4.69. The zero-order valence-electron chi connectivity index (χ0n) is 16.9. The fraction of sp³-hybridized carbons (Fsp3) is 0.412. The smallest absolute Gasteiger partial charge is 0.433 e. The zero-order valence-corrected chi connectivity index (χ0v) is 19.4. The number of thioether (sulfide) groups is 2. The maximum Gasteiger partial charge on any atom is 0.433 e. The third-order valence-corrected chi connectivity index (χ3v) is 8.21. The Morgan fingerprint density at radius 3 is 2.67 bits per heavy atom. The third-order valence-electron chi connectivity index (χ3n) is 4.82. The summed E-state index contributed by atoms with van der Waals surface area (Å²) in [6, 6.07) is -0.481. The third kappa shape index (κ3) is 4.46. The van der Waals surface area contributed by atoms with Gasteiger partial charge in [-0.1, -0.05) is 23.1 Å². The Kier molecular flexibility index (Phi) is 6.17. The summed E-state index contributed by atoms with van der Waals surface area (Å²) < 4.78 is 40.1. The minimum Gasteiger partial charge on any atom is -0.477 e. The topological polar surface area (TPSA) is 130 Å². The SMILES string of the molecule is Cc1nnc(SCC2=C(C(=O)O)N3C(=O)[C@@H](NC(=O)c4cc(C(F)(F)F)n(C)n4)[C@H]3SC2)s1. The van der Waals surface area contributed by atoms with Crippen LogP contribution in [0.2, 0.25) is 0 Å². The average molecular weight is 521 g/mol. The van der Waals surface area contributed by atoms with Crippen molar-refractivity contribution >= 4 is 52.6 Å². The summed E-state index contributed by atoms with van der Waals surface area (Å²) in [5.74, 6) is -2.28. The molecule has 2 amide bonds. The van der Waals surface area contributed by atoms with Crippen molar-refractivity contribution in [3.05, 3.63) is 33.7 Å². The van der Waals surface area contributed by atoms with Crippen LogP contribution in [0.1, 0.15) is 21.2 Å². The van der Waals surface area contributed by atoms with Gasteiger partial charge in [0, 0.05) is 24.6 Å². The van der Waals surface area contributed by atoms with E-state index in [0.717, 1.165) is 17.0 Å². The van der Waals surface area contributed by atoms with E-state index >= 15 is 0 Å². The number of aliphatic carboxylic acids is 1. The number of rotatable bonds is 6. The second-order valence-electron chi connectivity index (χ2n) is 7.03. The molecule has 0 radical (unpaired) electrons. The van der Waals surface area contributed by atoms with E-state index in [0.29, 0.717) is 32.2 Å². The summed E-state index contributed by atoms with van der Waals surface area (Å²) in [5, 5.41) is 23.6. The molecule has 2 aliphatic rings. The van der Waals surface area contributed by atoms with Gasteiger partial charge in [0.2, 0.25) is 0 Å². The molecule has 2 aromatic rings. The number of aromatic nitrogens is 4. The normalized spacial score (nSPS) is 20.5. The fourth-order valence-corrected chi connectivity index (χ4v) is 6.64. The van der Waals surface area contributed by atoms with Crippen LogP contribution in [0.15, 0.2) is 21.7 Å². The molecule has 1 saturated heterocycles. The van der Waals surface area contributed by atoms with Crippen molar-refractivity contribution in [2.24, 2.45) is 7.05 Å². The van der Waals surface area contributed by atoms with Crippen LogP contribution in [0.3, 0.4) is 0 Å². The predicted octanol–water partition coefficient (Wildman–Crippen LogP) is 1.74. The minimum absolute atomic E-state index is 0.153. The van der Waals surface area contributed by atoms with Crippen molar-refractivity contribution in [1.82, 2.24) is 30.2 Å². The molecule has 4 rings (SSSR count). The highest BCUT2D eigenvalue weighted by Gasteiger charge is 2.54. The lowest BCUT2D eigenvalue weighted by atomic mass is 10.0. The maximum absolute atomic E-state index is 13.0. The van der Waals surface area contributed by atoms with Crippen LogP contribution in [-0.2, 0) is 22.8 Å². The molecule has 2 N–H and O–H groups in total. The highest BCUT2D eigenvalue weighted by atomic mass is 32.2. The number of nitrogens with zero attached hydrogens (tertiary/aromatic N) is 5. The van der Waals surface area contributed by atoms with Gasteiger partial charge in [-0.25, -0.2) is 4.79 Å². The van der Waals surface area contributed by atoms with Gasteiger partial charge < -0.3 is 10.4 Å². The number of aryl methyl sites for hydroxylation is 2. The van der Waals surface area contributed by atoms with Crippen LogP contribution in [0, 0.1) is 6.92 Å². The molecule has 10 nitrogen and oxygen atoms in total. The molecule has 0 bridgehead atoms. The summed E-state index contributed by atoms with van der Waals surface area (Å²) in [7, 11) is 1.05. The lowest BCUT2D eigenvalue weighted by Gasteiger charge is -2.49. The summed E-state index contributed by atoms with van der Waals surface area (Å²) in [6.45, 7) is 1.80. The Morgan fingerprint density at radius 1 is 1.36 bits per heavy atom. The number of alkyl halides is 3. The first-order valence-electron chi connectivity index (χ1n) is 9.22. The molecule has 1 fully saturated rings. The zero-order chi connectivity index (χ0) is 24.1. The van der Waals surface area contributed by atoms with Gasteiger partial charge in [-0.2, -0.15) is 18.3 Å². The number of amides is 2. The number of carbonyl (C=O) groups excluding carboxylic acids is 2. The van der Waals surface area contributed by atoms with Crippen LogP contribution in [0.4, 0.5) is 13.2 Å². The highest BCUT2D eigenvalue weighted by Crippen LogP contribution is 2.42. The van der Waals surface area contributed by atoms with Gasteiger partial charge in [0.15, 0.2) is 10.0 Å². The van der Waals surface area contributed by atoms with E-state index in [9.17, 15) is 32.7 Å². The second kappa shape index (κ2) is 8.64. The Balaban J connectivity index is 1.48. The van der Waals surface area contributed by atoms with Crippen LogP contribution in [0.25, 0.3) is 0 Å². The Labute approximate surface area is 196 Å². The van der Waals surface area contributed by atoms with Gasteiger partial charge in [-0.05, 0) is 12.5 Å². The molecule has 176 valence electrons. The highest BCUT2D eigenvalue weighted by molar-refractivity contribution is 8.01. The molecule has 4 heterocycles. The molecule has 0 saturated carbocycles. The van der Waals surface area contributed by atoms with Crippen molar-refractivity contribution in [2.75, 3.05) is 11.5 Å². The predicted molar refractivity (Wildman–Crippen MR) is 113 cm³/mol. The van der Waals surface area contributed by atoms with E-state index in [4.69, 9.17) is 0 Å². The van der Waals surface area contributed by atoms with Crippen LogP contribution < -0.4 is 5.32 Å². The van der Waals surface area contributed by atoms with E-state index in [1.807, 2.05) is 0 Å². The Bertz CT molecular complexity index is 1180. The second-order valence-corrected chi connectivity index (χ2v) is 10.5. The molecule has 33 heavy (non-hydrogen) atoms. The molecule has 2 aliphatic heterocycles. The largest absolute Gasteiger partial charge is 0.477 e. The van der Waals surface area contributed by atoms with E-state index in [1.54, 1.807) is 6.92 Å². The lowest BCUT2D eigenvalue weighted by Crippen LogP contribution is -2.70. The Morgan fingerprint density at radius 2 is 2.09 bits per heavy atom. The number of hydrogen-bond donors (Lipinski definition) is 2. The molecule has 0 aromatic carbocycles. The van der Waals surface area contributed by atoms with Crippen molar-refractivity contribution < 1.29 is 32.7 Å². The van der Waals surface area contributed by atoms with Crippen LogP contribution >= 0.6 is 34.9 Å². The van der Waals surface area contributed by atoms with E-state index in [1.165, 1.54) is 34.9 Å². The fourth-order valence-electron chi connectivity index (χ4n) is 3.34. The Hall–Kier alpha value is -2.59. The summed E-state index contributed by atoms with van der Waals surface area (Å²) in [5.41, 5.74) is -1.22. The monoisotopic (exact) mass is 520 g/mol. The lowest BCUT2D eigenvalue weighted by molar-refractivity contribution is -0.148. The van der Waals surface area contributed by atoms with E-state index < -0.39 is 46.8 Å². The number of carboxylic acids is 1. The first-order valence-corrected chi connectivity index (χ1v) is 12.1. The van der Waals surface area contributed by atoms with Gasteiger partial charge in [0.05, 0.1) is 0 Å². The standard InChI is InChI=1S/C17H15F3N6O4S3/c1-6-22-23-16(33-6)32-5-7-4-31-14-10(13(28)26(14)11(7)15(29)30)21-12(27)8-3-9(17(18,19)20)25(2)24-8/h3,10,14H,4-5H2,1-2H3,(H,21,27)(H,29,30)/t10-,14-/m1/s1. The molecule has 0 spiro atoms. The number of nitrogens with one attached hydrogen (secondary N) is 1. The van der Waals surface area contributed by atoms with Crippen molar-refractivity contribution in [3.63, 3.8) is 0 Å². The van der Waals surface area contributed by atoms with Crippen molar-refractivity contribution in [2.45, 2.75) is 28.9 Å². The van der Waals surface area contributed by atoms with Crippen molar-refractivity contribution in [1.29, 1.82) is 0 Å². The number of hydrogen-bond acceptors (Lipinski definition) is 9.